The van der Waals surface area contributed by atoms with Crippen LogP contribution in [0.2, 0.25) is 0 Å². The van der Waals surface area contributed by atoms with E-state index in [2.05, 4.69) is 15.4 Å². The number of hydrogen-bond acceptors (Lipinski definition) is 3. The molecule has 2 aromatic heterocycles. The zero-order chi connectivity index (χ0) is 15.7. The molecule has 2 aromatic rings. The highest BCUT2D eigenvalue weighted by Crippen LogP contribution is 2.29. The highest BCUT2D eigenvalue weighted by Gasteiger charge is 2.30. The van der Waals surface area contributed by atoms with Gasteiger partial charge in [-0.1, -0.05) is 0 Å². The molecule has 1 aliphatic carbocycles. The smallest absolute Gasteiger partial charge is 0.364 e. The summed E-state index contributed by atoms with van der Waals surface area (Å²) in [5.41, 5.74) is 2.76. The molecule has 0 aliphatic heterocycles. The maximum Gasteiger partial charge on any atom is 0.417 e. The second kappa shape index (κ2) is 5.62. The normalized spacial score (nSPS) is 14.7. The van der Waals surface area contributed by atoms with Crippen molar-refractivity contribution >= 4 is 5.82 Å². The number of aryl methyl sites for hydroxylation is 2. The van der Waals surface area contributed by atoms with Crippen molar-refractivity contribution in [3.8, 4) is 0 Å². The zero-order valence-electron chi connectivity index (χ0n) is 12.2. The van der Waals surface area contributed by atoms with Crippen LogP contribution in [0.15, 0.2) is 18.3 Å². The minimum atomic E-state index is -4.35. The van der Waals surface area contributed by atoms with Crippen molar-refractivity contribution in [2.75, 3.05) is 5.32 Å². The molecule has 0 spiro atoms. The van der Waals surface area contributed by atoms with Gasteiger partial charge in [-0.15, -0.1) is 0 Å². The lowest BCUT2D eigenvalue weighted by molar-refractivity contribution is -0.137. The number of fused-ring (bicyclic) bond motifs is 1. The SMILES string of the molecule is Cn1nc2c(c1CNc1ccc(C(F)(F)F)cn1)CCCC2. The molecule has 0 aromatic carbocycles. The van der Waals surface area contributed by atoms with Crippen LogP contribution in [0, 0.1) is 0 Å². The van der Waals surface area contributed by atoms with E-state index < -0.39 is 11.7 Å². The van der Waals surface area contributed by atoms with Gasteiger partial charge in [0.1, 0.15) is 5.82 Å². The van der Waals surface area contributed by atoms with Crippen LogP contribution in [-0.2, 0) is 32.6 Å². The summed E-state index contributed by atoms with van der Waals surface area (Å²) in [5, 5.41) is 7.59. The maximum atomic E-state index is 12.5. The lowest BCUT2D eigenvalue weighted by atomic mass is 9.96. The van der Waals surface area contributed by atoms with E-state index in [1.54, 1.807) is 0 Å². The quantitative estimate of drug-likeness (QED) is 0.945. The lowest BCUT2D eigenvalue weighted by Gasteiger charge is -2.12. The van der Waals surface area contributed by atoms with E-state index in [4.69, 9.17) is 0 Å². The molecular weight excluding hydrogens is 293 g/mol. The van der Waals surface area contributed by atoms with Crippen molar-refractivity contribution < 1.29 is 13.2 Å². The minimum absolute atomic E-state index is 0.429. The fourth-order valence-electron chi connectivity index (χ4n) is 2.81. The van der Waals surface area contributed by atoms with Gasteiger partial charge in [0.25, 0.3) is 0 Å². The van der Waals surface area contributed by atoms with Gasteiger partial charge in [-0.3, -0.25) is 4.68 Å². The largest absolute Gasteiger partial charge is 0.417 e. The van der Waals surface area contributed by atoms with Crippen molar-refractivity contribution in [2.45, 2.75) is 38.4 Å². The number of rotatable bonds is 3. The van der Waals surface area contributed by atoms with E-state index in [0.29, 0.717) is 12.4 Å². The van der Waals surface area contributed by atoms with Gasteiger partial charge in [0.15, 0.2) is 0 Å². The molecule has 0 unspecified atom stereocenters. The molecule has 22 heavy (non-hydrogen) atoms. The number of hydrogen-bond donors (Lipinski definition) is 1. The molecule has 118 valence electrons. The van der Waals surface area contributed by atoms with E-state index in [1.807, 2.05) is 11.7 Å². The topological polar surface area (TPSA) is 42.7 Å². The third kappa shape index (κ3) is 2.93. The Hall–Kier alpha value is -2.05. The fourth-order valence-corrected chi connectivity index (χ4v) is 2.81. The van der Waals surface area contributed by atoms with Gasteiger partial charge in [0.2, 0.25) is 0 Å². The highest BCUT2D eigenvalue weighted by molar-refractivity contribution is 5.38. The average Bonchev–Trinajstić information content (AvgIpc) is 2.80. The molecule has 0 radical (unpaired) electrons. The Morgan fingerprint density at radius 3 is 2.68 bits per heavy atom. The summed E-state index contributed by atoms with van der Waals surface area (Å²) in [6.45, 7) is 0.511. The molecule has 0 saturated carbocycles. The van der Waals surface area contributed by atoms with Gasteiger partial charge in [0.05, 0.1) is 23.5 Å². The Morgan fingerprint density at radius 1 is 1.23 bits per heavy atom. The van der Waals surface area contributed by atoms with Gasteiger partial charge in [-0.2, -0.15) is 18.3 Å². The summed E-state index contributed by atoms with van der Waals surface area (Å²) in [6, 6.07) is 2.39. The Labute approximate surface area is 126 Å². The van der Waals surface area contributed by atoms with E-state index in [0.717, 1.165) is 49.3 Å². The second-order valence-electron chi connectivity index (χ2n) is 5.49. The number of alkyl halides is 3. The van der Waals surface area contributed by atoms with Gasteiger partial charge in [-0.05, 0) is 43.4 Å². The molecule has 0 bridgehead atoms. The summed E-state index contributed by atoms with van der Waals surface area (Å²) >= 11 is 0. The van der Waals surface area contributed by atoms with Gasteiger partial charge >= 0.3 is 6.18 Å². The lowest BCUT2D eigenvalue weighted by Crippen LogP contribution is -2.10. The number of nitrogens with zero attached hydrogens (tertiary/aromatic N) is 3. The standard InChI is InChI=1S/C15H17F3N4/c1-22-13(11-4-2-3-5-12(11)21-22)9-20-14-7-6-10(8-19-14)15(16,17)18/h6-8H,2-5,9H2,1H3,(H,19,20). The van der Waals surface area contributed by atoms with Crippen LogP contribution in [0.3, 0.4) is 0 Å². The molecule has 0 atom stereocenters. The van der Waals surface area contributed by atoms with E-state index in [-0.39, 0.29) is 0 Å². The molecular formula is C15H17F3N4. The fraction of sp³-hybridized carbons (Fsp3) is 0.467. The van der Waals surface area contributed by atoms with Crippen molar-refractivity contribution in [3.05, 3.63) is 40.8 Å². The number of halogens is 3. The summed E-state index contributed by atoms with van der Waals surface area (Å²) in [5.74, 6) is 0.429. The second-order valence-corrected chi connectivity index (χ2v) is 5.49. The summed E-state index contributed by atoms with van der Waals surface area (Å²) in [7, 11) is 1.90. The first-order valence-corrected chi connectivity index (χ1v) is 7.26. The molecule has 3 rings (SSSR count). The van der Waals surface area contributed by atoms with Gasteiger partial charge in [-0.25, -0.2) is 4.98 Å². The molecule has 1 aliphatic rings. The van der Waals surface area contributed by atoms with Crippen LogP contribution < -0.4 is 5.32 Å². The molecule has 0 fully saturated rings. The van der Waals surface area contributed by atoms with E-state index in [9.17, 15) is 13.2 Å². The molecule has 4 nitrogen and oxygen atoms in total. The predicted octanol–water partition coefficient (Wildman–Crippen LogP) is 3.32. The first-order valence-electron chi connectivity index (χ1n) is 7.26. The molecule has 0 saturated heterocycles. The maximum absolute atomic E-state index is 12.5. The molecule has 1 N–H and O–H groups in total. The van der Waals surface area contributed by atoms with Crippen LogP contribution >= 0.6 is 0 Å². The highest BCUT2D eigenvalue weighted by atomic mass is 19.4. The summed E-state index contributed by atoms with van der Waals surface area (Å²) in [6.07, 6.45) is 0.831. The van der Waals surface area contributed by atoms with Crippen LogP contribution in [-0.4, -0.2) is 14.8 Å². The number of anilines is 1. The third-order valence-electron chi connectivity index (χ3n) is 3.98. The minimum Gasteiger partial charge on any atom is -0.364 e. The van der Waals surface area contributed by atoms with Crippen molar-refractivity contribution in [2.24, 2.45) is 7.05 Å². The molecule has 2 heterocycles. The Balaban J connectivity index is 1.72. The van der Waals surface area contributed by atoms with Crippen molar-refractivity contribution in [3.63, 3.8) is 0 Å². The van der Waals surface area contributed by atoms with Crippen LogP contribution in [0.4, 0.5) is 19.0 Å². The van der Waals surface area contributed by atoms with Gasteiger partial charge in [0, 0.05) is 13.2 Å². The monoisotopic (exact) mass is 310 g/mol. The molecule has 0 amide bonds. The zero-order valence-corrected chi connectivity index (χ0v) is 12.2. The Morgan fingerprint density at radius 2 is 2.00 bits per heavy atom. The number of nitrogens with one attached hydrogen (secondary N) is 1. The number of pyridine rings is 1. The predicted molar refractivity (Wildman–Crippen MR) is 76.4 cm³/mol. The third-order valence-corrected chi connectivity index (χ3v) is 3.98. The number of aromatic nitrogens is 3. The summed E-state index contributed by atoms with van der Waals surface area (Å²) < 4.78 is 39.3. The van der Waals surface area contributed by atoms with Crippen LogP contribution in [0.1, 0.15) is 35.4 Å². The average molecular weight is 310 g/mol. The van der Waals surface area contributed by atoms with Crippen LogP contribution in [0.25, 0.3) is 0 Å². The van der Waals surface area contributed by atoms with Gasteiger partial charge < -0.3 is 5.32 Å². The Bertz CT molecular complexity index is 659. The van der Waals surface area contributed by atoms with E-state index >= 15 is 0 Å². The van der Waals surface area contributed by atoms with Crippen molar-refractivity contribution in [1.29, 1.82) is 0 Å². The Kier molecular flexibility index (Phi) is 3.80. The van der Waals surface area contributed by atoms with E-state index in [1.165, 1.54) is 11.6 Å². The van der Waals surface area contributed by atoms with Crippen molar-refractivity contribution in [1.82, 2.24) is 14.8 Å². The summed E-state index contributed by atoms with van der Waals surface area (Å²) in [4.78, 5) is 3.83. The first-order chi connectivity index (χ1) is 10.4. The molecule has 7 heteroatoms. The first kappa shape index (κ1) is 14.9. The van der Waals surface area contributed by atoms with Crippen LogP contribution in [0.5, 0.6) is 0 Å².